The summed E-state index contributed by atoms with van der Waals surface area (Å²) >= 11 is 0. The zero-order valence-electron chi connectivity index (χ0n) is 9.25. The Balaban J connectivity index is 2.18. The van der Waals surface area contributed by atoms with Crippen molar-refractivity contribution in [1.29, 1.82) is 0 Å². The van der Waals surface area contributed by atoms with Gasteiger partial charge in [0, 0.05) is 13.1 Å². The maximum atomic E-state index is 5.50. The van der Waals surface area contributed by atoms with Crippen molar-refractivity contribution in [2.75, 3.05) is 13.1 Å². The minimum absolute atomic E-state index is 0.443. The minimum atomic E-state index is 0.443. The van der Waals surface area contributed by atoms with Crippen molar-refractivity contribution >= 4 is 0 Å². The number of rotatable bonds is 7. The molecular weight excluding hydrogens is 162 g/mol. The molecule has 13 heavy (non-hydrogen) atoms. The lowest BCUT2D eigenvalue weighted by molar-refractivity contribution is 0.170. The third-order valence-electron chi connectivity index (χ3n) is 2.64. The van der Waals surface area contributed by atoms with E-state index in [1.54, 1.807) is 0 Å². The van der Waals surface area contributed by atoms with E-state index in [2.05, 4.69) is 25.7 Å². The molecule has 1 aliphatic rings. The molecule has 0 bridgehead atoms. The van der Waals surface area contributed by atoms with Crippen LogP contribution in [0.4, 0.5) is 0 Å². The van der Waals surface area contributed by atoms with Gasteiger partial charge in [-0.3, -0.25) is 4.90 Å². The lowest BCUT2D eigenvalue weighted by atomic mass is 10.2. The van der Waals surface area contributed by atoms with Gasteiger partial charge in [0.05, 0.1) is 6.10 Å². The molecule has 78 valence electrons. The van der Waals surface area contributed by atoms with Gasteiger partial charge in [-0.05, 0) is 19.8 Å². The Bertz CT molecular complexity index is 130. The highest BCUT2D eigenvalue weighted by molar-refractivity contribution is 4.81. The van der Waals surface area contributed by atoms with E-state index in [9.17, 15) is 0 Å². The average Bonchev–Trinajstić information content (AvgIpc) is 2.83. The Morgan fingerprint density at radius 2 is 1.54 bits per heavy atom. The van der Waals surface area contributed by atoms with Crippen LogP contribution < -0.4 is 0 Å². The number of nitrogens with zero attached hydrogens (tertiary/aromatic N) is 1. The van der Waals surface area contributed by atoms with Crippen LogP contribution in [0.2, 0.25) is 0 Å². The smallest absolute Gasteiger partial charge is 0.137 e. The Hall–Kier alpha value is -0.0800. The molecular formula is C11H23NO. The standard InChI is InChI=1S/C11H23NO/c1-4-6-8-12(9-7-5-2)11-10(3)13-11/h10-11H,4-9H2,1-3H3. The Labute approximate surface area is 82.3 Å². The second kappa shape index (κ2) is 5.61. The molecule has 2 heteroatoms. The molecule has 0 amide bonds. The lowest BCUT2D eigenvalue weighted by Crippen LogP contribution is -2.30. The van der Waals surface area contributed by atoms with Crippen LogP contribution in [0.1, 0.15) is 46.5 Å². The predicted molar refractivity (Wildman–Crippen MR) is 55.7 cm³/mol. The van der Waals surface area contributed by atoms with Crippen LogP contribution >= 0.6 is 0 Å². The van der Waals surface area contributed by atoms with Gasteiger partial charge in [-0.2, -0.15) is 0 Å². The highest BCUT2D eigenvalue weighted by Gasteiger charge is 2.38. The molecule has 2 nitrogen and oxygen atoms in total. The van der Waals surface area contributed by atoms with Crippen LogP contribution in [0.25, 0.3) is 0 Å². The summed E-state index contributed by atoms with van der Waals surface area (Å²) in [5, 5.41) is 0. The topological polar surface area (TPSA) is 15.8 Å². The highest BCUT2D eigenvalue weighted by Crippen LogP contribution is 2.25. The van der Waals surface area contributed by atoms with Gasteiger partial charge in [0.1, 0.15) is 6.23 Å². The van der Waals surface area contributed by atoms with Crippen LogP contribution in [-0.4, -0.2) is 30.3 Å². The van der Waals surface area contributed by atoms with Crippen molar-refractivity contribution in [3.05, 3.63) is 0 Å². The first-order valence-corrected chi connectivity index (χ1v) is 5.69. The monoisotopic (exact) mass is 185 g/mol. The molecule has 2 unspecified atom stereocenters. The quantitative estimate of drug-likeness (QED) is 0.567. The fourth-order valence-electron chi connectivity index (χ4n) is 1.65. The van der Waals surface area contributed by atoms with Crippen molar-refractivity contribution in [2.24, 2.45) is 0 Å². The molecule has 1 fully saturated rings. The van der Waals surface area contributed by atoms with E-state index >= 15 is 0 Å². The molecule has 1 heterocycles. The minimum Gasteiger partial charge on any atom is -0.353 e. The molecule has 0 saturated carbocycles. The largest absolute Gasteiger partial charge is 0.353 e. The summed E-state index contributed by atoms with van der Waals surface area (Å²) in [7, 11) is 0. The van der Waals surface area contributed by atoms with Gasteiger partial charge >= 0.3 is 0 Å². The number of unbranched alkanes of at least 4 members (excludes halogenated alkanes) is 2. The second-order valence-electron chi connectivity index (χ2n) is 3.97. The molecule has 2 atom stereocenters. The zero-order chi connectivity index (χ0) is 9.68. The first-order chi connectivity index (χ1) is 6.29. The summed E-state index contributed by atoms with van der Waals surface area (Å²) in [5.74, 6) is 0. The van der Waals surface area contributed by atoms with Gasteiger partial charge in [0.25, 0.3) is 0 Å². The van der Waals surface area contributed by atoms with Gasteiger partial charge in [-0.25, -0.2) is 0 Å². The molecule has 0 N–H and O–H groups in total. The summed E-state index contributed by atoms with van der Waals surface area (Å²) in [6, 6.07) is 0. The SMILES string of the molecule is CCCCN(CCCC)C1OC1C. The lowest BCUT2D eigenvalue weighted by Gasteiger charge is -2.19. The number of hydrogen-bond acceptors (Lipinski definition) is 2. The first kappa shape index (κ1) is 11.0. The maximum absolute atomic E-state index is 5.50. The van der Waals surface area contributed by atoms with Crippen LogP contribution in [0.15, 0.2) is 0 Å². The molecule has 1 aliphatic heterocycles. The van der Waals surface area contributed by atoms with Crippen LogP contribution in [0, 0.1) is 0 Å². The van der Waals surface area contributed by atoms with Gasteiger partial charge in [-0.1, -0.05) is 26.7 Å². The van der Waals surface area contributed by atoms with Crippen LogP contribution in [0.5, 0.6) is 0 Å². The molecule has 0 spiro atoms. The van der Waals surface area contributed by atoms with Gasteiger partial charge < -0.3 is 4.74 Å². The predicted octanol–water partition coefficient (Wildman–Crippen LogP) is 2.63. The molecule has 0 aromatic rings. The number of epoxide rings is 1. The third kappa shape index (κ3) is 3.65. The summed E-state index contributed by atoms with van der Waals surface area (Å²) in [4.78, 5) is 2.50. The molecule has 0 aromatic carbocycles. The van der Waals surface area contributed by atoms with Crippen molar-refractivity contribution in [2.45, 2.75) is 58.8 Å². The summed E-state index contributed by atoms with van der Waals surface area (Å²) < 4.78 is 5.50. The Morgan fingerprint density at radius 3 is 1.85 bits per heavy atom. The van der Waals surface area contributed by atoms with E-state index in [1.807, 2.05) is 0 Å². The van der Waals surface area contributed by atoms with E-state index in [0.29, 0.717) is 12.3 Å². The summed E-state index contributed by atoms with van der Waals surface area (Å²) in [6.45, 7) is 9.08. The van der Waals surface area contributed by atoms with E-state index in [0.717, 1.165) is 0 Å². The molecule has 1 rings (SSSR count). The first-order valence-electron chi connectivity index (χ1n) is 5.69. The molecule has 1 saturated heterocycles. The van der Waals surface area contributed by atoms with Crippen molar-refractivity contribution in [3.8, 4) is 0 Å². The molecule has 0 aliphatic carbocycles. The van der Waals surface area contributed by atoms with Crippen molar-refractivity contribution < 1.29 is 4.74 Å². The molecule has 0 aromatic heterocycles. The van der Waals surface area contributed by atoms with Gasteiger partial charge in [0.15, 0.2) is 0 Å². The number of ether oxygens (including phenoxy) is 1. The van der Waals surface area contributed by atoms with E-state index in [4.69, 9.17) is 4.74 Å². The summed E-state index contributed by atoms with van der Waals surface area (Å²) in [6.07, 6.45) is 6.09. The highest BCUT2D eigenvalue weighted by atomic mass is 16.6. The number of hydrogen-bond donors (Lipinski definition) is 0. The Kier molecular flexibility index (Phi) is 4.74. The van der Waals surface area contributed by atoms with Crippen LogP contribution in [0.3, 0.4) is 0 Å². The van der Waals surface area contributed by atoms with Crippen molar-refractivity contribution in [3.63, 3.8) is 0 Å². The van der Waals surface area contributed by atoms with Gasteiger partial charge in [0.2, 0.25) is 0 Å². The fraction of sp³-hybridized carbons (Fsp3) is 1.00. The molecule has 0 radical (unpaired) electrons. The summed E-state index contributed by atoms with van der Waals surface area (Å²) in [5.41, 5.74) is 0. The zero-order valence-corrected chi connectivity index (χ0v) is 9.25. The maximum Gasteiger partial charge on any atom is 0.137 e. The normalized spacial score (nSPS) is 26.8. The van der Waals surface area contributed by atoms with Crippen molar-refractivity contribution in [1.82, 2.24) is 4.90 Å². The van der Waals surface area contributed by atoms with E-state index in [-0.39, 0.29) is 0 Å². The third-order valence-corrected chi connectivity index (χ3v) is 2.64. The average molecular weight is 185 g/mol. The van der Waals surface area contributed by atoms with E-state index in [1.165, 1.54) is 38.8 Å². The fourth-order valence-corrected chi connectivity index (χ4v) is 1.65. The second-order valence-corrected chi connectivity index (χ2v) is 3.97. The van der Waals surface area contributed by atoms with Crippen LogP contribution in [-0.2, 0) is 4.74 Å². The van der Waals surface area contributed by atoms with E-state index < -0.39 is 0 Å². The Morgan fingerprint density at radius 1 is 1.08 bits per heavy atom. The van der Waals surface area contributed by atoms with Gasteiger partial charge in [-0.15, -0.1) is 0 Å².